The van der Waals surface area contributed by atoms with Crippen LogP contribution in [0.15, 0.2) is 84.0 Å². The second-order valence-electron chi connectivity index (χ2n) is 7.83. The molecule has 2 N–H and O–H groups in total. The highest BCUT2D eigenvalue weighted by Crippen LogP contribution is 2.30. The zero-order valence-electron chi connectivity index (χ0n) is 20.0. The quantitative estimate of drug-likeness (QED) is 0.0987. The molecule has 0 aliphatic heterocycles. The first-order valence-corrected chi connectivity index (χ1v) is 12.2. The molecule has 0 aliphatic rings. The molecule has 4 aromatic rings. The minimum Gasteiger partial charge on any atom is -0.490 e. The molecule has 8 nitrogen and oxygen atoms in total. The molecule has 0 radical (unpaired) electrons. The number of halogens is 2. The number of carbonyl (C=O) groups excluding carboxylic acids is 3. The van der Waals surface area contributed by atoms with Crippen molar-refractivity contribution in [1.82, 2.24) is 5.43 Å². The van der Waals surface area contributed by atoms with Crippen LogP contribution in [0.2, 0.25) is 10.0 Å². The molecule has 4 rings (SSSR count). The van der Waals surface area contributed by atoms with Crippen molar-refractivity contribution in [2.75, 3.05) is 11.9 Å². The smallest absolute Gasteiger partial charge is 0.345 e. The molecule has 0 spiro atoms. The molecule has 0 bridgehead atoms. The summed E-state index contributed by atoms with van der Waals surface area (Å²) in [5.41, 5.74) is 3.38. The van der Waals surface area contributed by atoms with Crippen LogP contribution in [0.25, 0.3) is 10.8 Å². The number of esters is 1. The first-order chi connectivity index (χ1) is 18.4. The number of hydrogen-bond acceptors (Lipinski definition) is 6. The second-order valence-corrected chi connectivity index (χ2v) is 8.68. The van der Waals surface area contributed by atoms with Gasteiger partial charge in [0.25, 0.3) is 0 Å². The maximum absolute atomic E-state index is 12.6. The van der Waals surface area contributed by atoms with Crippen LogP contribution in [0.3, 0.4) is 0 Å². The van der Waals surface area contributed by atoms with Gasteiger partial charge in [0.05, 0.1) is 23.4 Å². The predicted molar refractivity (Wildman–Crippen MR) is 147 cm³/mol. The van der Waals surface area contributed by atoms with E-state index in [2.05, 4.69) is 15.8 Å². The van der Waals surface area contributed by atoms with Gasteiger partial charge in [-0.2, -0.15) is 5.10 Å². The molecule has 4 aromatic carbocycles. The summed E-state index contributed by atoms with van der Waals surface area (Å²) in [6.07, 6.45) is 1.33. The van der Waals surface area contributed by atoms with Gasteiger partial charge in [-0.1, -0.05) is 59.6 Å². The average Bonchev–Trinajstić information content (AvgIpc) is 2.90. The number of ether oxygens (including phenoxy) is 2. The molecule has 10 heteroatoms. The number of rotatable bonds is 7. The SMILES string of the molecule is CCOc1cc(/C=N/NC(=O)C(=O)Nc2cccc3ccccc23)ccc1OC(=O)c1ccc(Cl)cc1Cl. The Labute approximate surface area is 228 Å². The summed E-state index contributed by atoms with van der Waals surface area (Å²) in [4.78, 5) is 37.2. The Morgan fingerprint density at radius 2 is 1.68 bits per heavy atom. The van der Waals surface area contributed by atoms with Crippen LogP contribution < -0.4 is 20.2 Å². The van der Waals surface area contributed by atoms with E-state index in [9.17, 15) is 14.4 Å². The van der Waals surface area contributed by atoms with Crippen molar-refractivity contribution in [3.63, 3.8) is 0 Å². The Hall–Kier alpha value is -4.40. The lowest BCUT2D eigenvalue weighted by molar-refractivity contribution is -0.136. The van der Waals surface area contributed by atoms with Crippen LogP contribution in [0, 0.1) is 0 Å². The van der Waals surface area contributed by atoms with Gasteiger partial charge < -0.3 is 14.8 Å². The van der Waals surface area contributed by atoms with E-state index in [1.165, 1.54) is 30.5 Å². The maximum atomic E-state index is 12.6. The van der Waals surface area contributed by atoms with Gasteiger partial charge in [-0.05, 0) is 60.3 Å². The number of nitrogens with one attached hydrogen (secondary N) is 2. The second kappa shape index (κ2) is 12.2. The summed E-state index contributed by atoms with van der Waals surface area (Å²) >= 11 is 12.0. The van der Waals surface area contributed by atoms with E-state index < -0.39 is 17.8 Å². The average molecular weight is 550 g/mol. The van der Waals surface area contributed by atoms with Gasteiger partial charge in [-0.25, -0.2) is 10.2 Å². The van der Waals surface area contributed by atoms with Crippen LogP contribution in [0.5, 0.6) is 11.5 Å². The summed E-state index contributed by atoms with van der Waals surface area (Å²) in [5, 5.41) is 8.73. The number of hydrogen-bond donors (Lipinski definition) is 2. The van der Waals surface area contributed by atoms with Gasteiger partial charge >= 0.3 is 17.8 Å². The van der Waals surface area contributed by atoms with Gasteiger partial charge in [0.2, 0.25) is 0 Å². The topological polar surface area (TPSA) is 106 Å². The summed E-state index contributed by atoms with van der Waals surface area (Å²) in [6, 6.07) is 22.0. The third-order valence-electron chi connectivity index (χ3n) is 5.25. The number of fused-ring (bicyclic) bond motifs is 1. The minimum atomic E-state index is -0.940. The van der Waals surface area contributed by atoms with Gasteiger partial charge in [-0.15, -0.1) is 0 Å². The molecule has 0 heterocycles. The zero-order chi connectivity index (χ0) is 27.1. The highest BCUT2D eigenvalue weighted by atomic mass is 35.5. The fraction of sp³-hybridized carbons (Fsp3) is 0.0714. The van der Waals surface area contributed by atoms with Crippen LogP contribution in [0.4, 0.5) is 5.69 Å². The highest BCUT2D eigenvalue weighted by Gasteiger charge is 2.17. The zero-order valence-corrected chi connectivity index (χ0v) is 21.5. The monoisotopic (exact) mass is 549 g/mol. The molecule has 0 saturated heterocycles. The third kappa shape index (κ3) is 6.47. The fourth-order valence-corrected chi connectivity index (χ4v) is 3.98. The van der Waals surface area contributed by atoms with E-state index >= 15 is 0 Å². The van der Waals surface area contributed by atoms with E-state index in [4.69, 9.17) is 32.7 Å². The largest absolute Gasteiger partial charge is 0.490 e. The van der Waals surface area contributed by atoms with E-state index in [1.807, 2.05) is 30.3 Å². The number of nitrogens with zero attached hydrogens (tertiary/aromatic N) is 1. The van der Waals surface area contributed by atoms with Crippen molar-refractivity contribution in [3.05, 3.63) is 100 Å². The van der Waals surface area contributed by atoms with Crippen molar-refractivity contribution < 1.29 is 23.9 Å². The maximum Gasteiger partial charge on any atom is 0.345 e. The van der Waals surface area contributed by atoms with Crippen LogP contribution in [0.1, 0.15) is 22.8 Å². The van der Waals surface area contributed by atoms with Gasteiger partial charge in [0, 0.05) is 16.1 Å². The molecular formula is C28H21Cl2N3O5. The molecule has 0 fully saturated rings. The standard InChI is InChI=1S/C28H21Cl2N3O5/c1-2-37-25-14-17(10-13-24(25)38-28(36)21-12-11-19(29)15-22(21)30)16-31-33-27(35)26(34)32-23-9-5-7-18-6-3-4-8-20(18)23/h3-16H,2H2,1H3,(H,32,34)(H,33,35)/b31-16+. The van der Waals surface area contributed by atoms with Crippen LogP contribution in [-0.2, 0) is 9.59 Å². The minimum absolute atomic E-state index is 0.147. The third-order valence-corrected chi connectivity index (χ3v) is 5.79. The summed E-state index contributed by atoms with van der Waals surface area (Å²) < 4.78 is 11.0. The molecule has 192 valence electrons. The molecule has 38 heavy (non-hydrogen) atoms. The Bertz CT molecular complexity index is 1550. The Morgan fingerprint density at radius 3 is 2.47 bits per heavy atom. The number of amides is 2. The Kier molecular flexibility index (Phi) is 8.58. The number of hydrazone groups is 1. The molecule has 0 unspecified atom stereocenters. The van der Waals surface area contributed by atoms with Crippen LogP contribution >= 0.6 is 23.2 Å². The summed E-state index contributed by atoms with van der Waals surface area (Å²) in [6.45, 7) is 2.08. The van der Waals surface area contributed by atoms with E-state index in [0.717, 1.165) is 10.8 Å². The lowest BCUT2D eigenvalue weighted by Gasteiger charge is -2.12. The molecule has 0 atom stereocenters. The lowest BCUT2D eigenvalue weighted by atomic mass is 10.1. The summed E-state index contributed by atoms with van der Waals surface area (Å²) in [5.74, 6) is -2.05. The Balaban J connectivity index is 1.41. The highest BCUT2D eigenvalue weighted by molar-refractivity contribution is 6.40. The van der Waals surface area contributed by atoms with Gasteiger partial charge in [0.15, 0.2) is 11.5 Å². The Morgan fingerprint density at radius 1 is 0.895 bits per heavy atom. The number of carbonyl (C=O) groups is 3. The van der Waals surface area contributed by atoms with Gasteiger partial charge in [-0.3, -0.25) is 9.59 Å². The number of benzene rings is 4. The lowest BCUT2D eigenvalue weighted by Crippen LogP contribution is -2.32. The summed E-state index contributed by atoms with van der Waals surface area (Å²) in [7, 11) is 0. The fourth-order valence-electron chi connectivity index (χ4n) is 3.50. The molecule has 0 aromatic heterocycles. The van der Waals surface area contributed by atoms with Crippen molar-refractivity contribution in [3.8, 4) is 11.5 Å². The van der Waals surface area contributed by atoms with Crippen molar-refractivity contribution in [1.29, 1.82) is 0 Å². The van der Waals surface area contributed by atoms with Gasteiger partial charge in [0.1, 0.15) is 0 Å². The first kappa shape index (κ1) is 26.7. The molecule has 0 saturated carbocycles. The molecule has 0 aliphatic carbocycles. The van der Waals surface area contributed by atoms with Crippen molar-refractivity contribution in [2.45, 2.75) is 6.92 Å². The van der Waals surface area contributed by atoms with E-state index in [0.29, 0.717) is 22.9 Å². The first-order valence-electron chi connectivity index (χ1n) is 11.4. The number of anilines is 1. The van der Waals surface area contributed by atoms with Crippen LogP contribution in [-0.4, -0.2) is 30.6 Å². The van der Waals surface area contributed by atoms with Crippen molar-refractivity contribution in [2.24, 2.45) is 5.10 Å². The normalized spacial score (nSPS) is 10.8. The van der Waals surface area contributed by atoms with Crippen molar-refractivity contribution >= 4 is 63.7 Å². The van der Waals surface area contributed by atoms with E-state index in [-0.39, 0.29) is 22.1 Å². The molecular weight excluding hydrogens is 529 g/mol. The van der Waals surface area contributed by atoms with E-state index in [1.54, 1.807) is 31.2 Å². The predicted octanol–water partition coefficient (Wildman–Crippen LogP) is 5.85. The molecule has 2 amide bonds.